The van der Waals surface area contributed by atoms with Crippen molar-refractivity contribution in [2.75, 3.05) is 0 Å². The van der Waals surface area contributed by atoms with E-state index in [1.165, 1.54) is 68.5 Å². The first-order valence-electron chi connectivity index (χ1n) is 7.64. The molecule has 0 aromatic carbocycles. The van der Waals surface area contributed by atoms with Gasteiger partial charge < -0.3 is 5.32 Å². The molecule has 1 aromatic heterocycles. The zero-order chi connectivity index (χ0) is 11.9. The number of thiazole rings is 1. The average Bonchev–Trinajstić information content (AvgIpc) is 3.03. The van der Waals surface area contributed by atoms with Crippen molar-refractivity contribution < 1.29 is 0 Å². The lowest BCUT2D eigenvalue weighted by atomic mass is 9.80. The van der Waals surface area contributed by atoms with Crippen molar-refractivity contribution in [3.05, 3.63) is 15.6 Å². The predicted octanol–water partition coefficient (Wildman–Crippen LogP) is 3.62. The van der Waals surface area contributed by atoms with Gasteiger partial charge >= 0.3 is 0 Å². The highest BCUT2D eigenvalue weighted by Crippen LogP contribution is 2.42. The quantitative estimate of drug-likeness (QED) is 0.896. The minimum atomic E-state index is 0.585. The fourth-order valence-electron chi connectivity index (χ4n) is 3.19. The van der Waals surface area contributed by atoms with E-state index >= 15 is 0 Å². The number of hydrogen-bond acceptors (Lipinski definition) is 3. The minimum Gasteiger partial charge on any atom is -0.305 e. The summed E-state index contributed by atoms with van der Waals surface area (Å²) in [7, 11) is 0. The van der Waals surface area contributed by atoms with E-state index in [-0.39, 0.29) is 0 Å². The summed E-state index contributed by atoms with van der Waals surface area (Å²) in [5.74, 6) is 0.873. The van der Waals surface area contributed by atoms with Crippen LogP contribution in [0, 0.1) is 5.92 Å². The molecule has 2 saturated carbocycles. The van der Waals surface area contributed by atoms with E-state index in [9.17, 15) is 0 Å². The lowest BCUT2D eigenvalue weighted by Crippen LogP contribution is -2.33. The molecular weight excluding hydrogens is 240 g/mol. The van der Waals surface area contributed by atoms with Crippen LogP contribution in [0.3, 0.4) is 0 Å². The van der Waals surface area contributed by atoms with Gasteiger partial charge in [-0.2, -0.15) is 0 Å². The first-order chi connectivity index (χ1) is 8.90. The van der Waals surface area contributed by atoms with Crippen molar-refractivity contribution in [2.45, 2.75) is 69.9 Å². The van der Waals surface area contributed by atoms with E-state index in [4.69, 9.17) is 4.98 Å². The largest absolute Gasteiger partial charge is 0.305 e. The highest BCUT2D eigenvalue weighted by molar-refractivity contribution is 7.11. The zero-order valence-electron chi connectivity index (χ0n) is 11.0. The number of nitrogens with one attached hydrogen (secondary N) is 1. The molecule has 1 heterocycles. The van der Waals surface area contributed by atoms with Gasteiger partial charge in [-0.3, -0.25) is 0 Å². The maximum Gasteiger partial charge on any atom is 0.110 e. The number of aryl methyl sites for hydroxylation is 2. The minimum absolute atomic E-state index is 0.585. The molecule has 1 aromatic rings. The van der Waals surface area contributed by atoms with Gasteiger partial charge in [0.15, 0.2) is 0 Å². The Hall–Kier alpha value is -0.410. The SMILES string of the molecule is C1CCc2sc(C(NC3CC3)C3CCC3)nc2C1. The van der Waals surface area contributed by atoms with Crippen molar-refractivity contribution in [2.24, 2.45) is 5.92 Å². The summed E-state index contributed by atoms with van der Waals surface area (Å²) in [6, 6.07) is 1.39. The molecule has 3 aliphatic carbocycles. The Bertz CT molecular complexity index is 408. The number of aromatic nitrogens is 1. The molecule has 4 rings (SSSR count). The van der Waals surface area contributed by atoms with Gasteiger partial charge in [0.25, 0.3) is 0 Å². The molecule has 1 atom stereocenters. The van der Waals surface area contributed by atoms with Crippen LogP contribution in [0.25, 0.3) is 0 Å². The van der Waals surface area contributed by atoms with Crippen LogP contribution in [0.5, 0.6) is 0 Å². The van der Waals surface area contributed by atoms with Gasteiger partial charge in [-0.25, -0.2) is 4.98 Å². The fourth-order valence-corrected chi connectivity index (χ4v) is 4.50. The molecule has 1 N–H and O–H groups in total. The maximum atomic E-state index is 4.99. The van der Waals surface area contributed by atoms with E-state index < -0.39 is 0 Å². The Balaban J connectivity index is 1.58. The second kappa shape index (κ2) is 4.61. The summed E-state index contributed by atoms with van der Waals surface area (Å²) in [6.07, 6.45) is 12.3. The topological polar surface area (TPSA) is 24.9 Å². The van der Waals surface area contributed by atoms with Crippen molar-refractivity contribution >= 4 is 11.3 Å². The predicted molar refractivity (Wildman–Crippen MR) is 75.0 cm³/mol. The Morgan fingerprint density at radius 1 is 1.06 bits per heavy atom. The summed E-state index contributed by atoms with van der Waals surface area (Å²) < 4.78 is 0. The lowest BCUT2D eigenvalue weighted by Gasteiger charge is -2.33. The van der Waals surface area contributed by atoms with Crippen LogP contribution < -0.4 is 5.32 Å². The van der Waals surface area contributed by atoms with Crippen molar-refractivity contribution in [1.82, 2.24) is 10.3 Å². The molecule has 18 heavy (non-hydrogen) atoms. The molecule has 0 amide bonds. The molecule has 0 radical (unpaired) electrons. The van der Waals surface area contributed by atoms with Crippen molar-refractivity contribution in [1.29, 1.82) is 0 Å². The molecular formula is C15H22N2S. The molecule has 2 nitrogen and oxygen atoms in total. The van der Waals surface area contributed by atoms with Gasteiger partial charge in [-0.1, -0.05) is 6.42 Å². The third-order valence-electron chi connectivity index (χ3n) is 4.74. The smallest absolute Gasteiger partial charge is 0.110 e. The second-order valence-corrected chi connectivity index (χ2v) is 7.35. The Morgan fingerprint density at radius 2 is 1.89 bits per heavy atom. The first-order valence-corrected chi connectivity index (χ1v) is 8.46. The van der Waals surface area contributed by atoms with Crippen LogP contribution in [0.2, 0.25) is 0 Å². The zero-order valence-corrected chi connectivity index (χ0v) is 11.8. The summed E-state index contributed by atoms with van der Waals surface area (Å²) in [5.41, 5.74) is 1.43. The molecule has 3 heteroatoms. The molecule has 3 aliphatic rings. The molecule has 0 aliphatic heterocycles. The number of hydrogen-bond donors (Lipinski definition) is 1. The monoisotopic (exact) mass is 262 g/mol. The third kappa shape index (κ3) is 2.12. The van der Waals surface area contributed by atoms with Crippen LogP contribution in [0.15, 0.2) is 0 Å². The Labute approximate surface area is 113 Å². The van der Waals surface area contributed by atoms with Crippen LogP contribution in [0.1, 0.15) is 66.6 Å². The highest BCUT2D eigenvalue weighted by atomic mass is 32.1. The van der Waals surface area contributed by atoms with E-state index in [2.05, 4.69) is 5.32 Å². The maximum absolute atomic E-state index is 4.99. The van der Waals surface area contributed by atoms with Gasteiger partial charge in [0, 0.05) is 10.9 Å². The fraction of sp³-hybridized carbons (Fsp3) is 0.800. The van der Waals surface area contributed by atoms with Gasteiger partial charge in [-0.15, -0.1) is 11.3 Å². The van der Waals surface area contributed by atoms with Gasteiger partial charge in [0.05, 0.1) is 11.7 Å². The van der Waals surface area contributed by atoms with Crippen molar-refractivity contribution in [3.8, 4) is 0 Å². The molecule has 1 unspecified atom stereocenters. The van der Waals surface area contributed by atoms with E-state index in [1.807, 2.05) is 11.3 Å². The summed E-state index contributed by atoms with van der Waals surface area (Å²) in [6.45, 7) is 0. The standard InChI is InChI=1S/C15H22N2S/c1-2-7-13-12(6-1)17-15(18-13)14(10-4-3-5-10)16-11-8-9-11/h10-11,14,16H,1-9H2. The lowest BCUT2D eigenvalue weighted by molar-refractivity contribution is 0.228. The van der Waals surface area contributed by atoms with Crippen molar-refractivity contribution in [3.63, 3.8) is 0 Å². The summed E-state index contributed by atoms with van der Waals surface area (Å²) >= 11 is 2.02. The molecule has 98 valence electrons. The van der Waals surface area contributed by atoms with Gasteiger partial charge in [-0.05, 0) is 57.3 Å². The average molecular weight is 262 g/mol. The number of rotatable bonds is 4. The summed E-state index contributed by atoms with van der Waals surface area (Å²) in [4.78, 5) is 6.59. The van der Waals surface area contributed by atoms with Gasteiger partial charge in [0.1, 0.15) is 5.01 Å². The van der Waals surface area contributed by atoms with Crippen LogP contribution in [-0.4, -0.2) is 11.0 Å². The third-order valence-corrected chi connectivity index (χ3v) is 5.98. The molecule has 0 bridgehead atoms. The molecule has 0 spiro atoms. The van der Waals surface area contributed by atoms with Gasteiger partial charge in [0.2, 0.25) is 0 Å². The van der Waals surface area contributed by atoms with Crippen LogP contribution in [0.4, 0.5) is 0 Å². The number of fused-ring (bicyclic) bond motifs is 1. The molecule has 0 saturated heterocycles. The number of nitrogens with zero attached hydrogens (tertiary/aromatic N) is 1. The van der Waals surface area contributed by atoms with E-state index in [1.54, 1.807) is 4.88 Å². The summed E-state index contributed by atoms with van der Waals surface area (Å²) in [5, 5.41) is 5.28. The Kier molecular flexibility index (Phi) is 2.92. The van der Waals surface area contributed by atoms with E-state index in [0.717, 1.165) is 12.0 Å². The first kappa shape index (κ1) is 11.4. The normalized spacial score (nSPS) is 25.6. The highest BCUT2D eigenvalue weighted by Gasteiger charge is 2.35. The van der Waals surface area contributed by atoms with Crippen LogP contribution >= 0.6 is 11.3 Å². The van der Waals surface area contributed by atoms with Crippen LogP contribution in [-0.2, 0) is 12.8 Å². The molecule has 2 fully saturated rings. The Morgan fingerprint density at radius 3 is 2.56 bits per heavy atom. The van der Waals surface area contributed by atoms with E-state index in [0.29, 0.717) is 6.04 Å². The second-order valence-electron chi connectivity index (χ2n) is 6.24.